The molecule has 4 aromatic rings. The van der Waals surface area contributed by atoms with Crippen molar-refractivity contribution in [2.24, 2.45) is 0 Å². The molecule has 1 aliphatic rings. The first-order chi connectivity index (χ1) is 16.9. The number of anilines is 1. The number of aromatic nitrogens is 2. The second-order valence-electron chi connectivity index (χ2n) is 8.53. The molecule has 0 saturated carbocycles. The summed E-state index contributed by atoms with van der Waals surface area (Å²) >= 11 is 0. The Labute approximate surface area is 201 Å². The Balaban J connectivity index is 1.44. The van der Waals surface area contributed by atoms with Crippen molar-refractivity contribution in [2.75, 3.05) is 38.2 Å². The summed E-state index contributed by atoms with van der Waals surface area (Å²) in [4.78, 5) is 13.2. The molecule has 1 aliphatic heterocycles. The van der Waals surface area contributed by atoms with Gasteiger partial charge in [-0.1, -0.05) is 48.5 Å². The van der Waals surface area contributed by atoms with Crippen LogP contribution in [0.4, 0.5) is 19.0 Å². The molecule has 1 fully saturated rings. The summed E-state index contributed by atoms with van der Waals surface area (Å²) in [5, 5.41) is 0.623. The molecule has 3 heterocycles. The molecular formula is C27H25F3N4O. The van der Waals surface area contributed by atoms with Crippen LogP contribution in [0.25, 0.3) is 22.0 Å². The summed E-state index contributed by atoms with van der Waals surface area (Å²) in [6, 6.07) is 19.8. The third-order valence-corrected chi connectivity index (χ3v) is 6.34. The maximum atomic E-state index is 13.5. The minimum atomic E-state index is -4.52. The highest BCUT2D eigenvalue weighted by molar-refractivity contribution is 5.99. The highest BCUT2D eigenvalue weighted by atomic mass is 19.4. The predicted molar refractivity (Wildman–Crippen MR) is 130 cm³/mol. The summed E-state index contributed by atoms with van der Waals surface area (Å²) in [7, 11) is 1.67. The van der Waals surface area contributed by atoms with Crippen LogP contribution < -0.4 is 9.64 Å². The molecule has 0 bridgehead atoms. The van der Waals surface area contributed by atoms with Gasteiger partial charge < -0.3 is 9.64 Å². The van der Waals surface area contributed by atoms with E-state index in [0.29, 0.717) is 35.4 Å². The van der Waals surface area contributed by atoms with Gasteiger partial charge in [0.1, 0.15) is 17.3 Å². The molecule has 0 aliphatic carbocycles. The van der Waals surface area contributed by atoms with E-state index in [-0.39, 0.29) is 0 Å². The van der Waals surface area contributed by atoms with Gasteiger partial charge in [0.15, 0.2) is 0 Å². The quantitative estimate of drug-likeness (QED) is 0.371. The molecular weight excluding hydrogens is 453 g/mol. The molecule has 5 nitrogen and oxygen atoms in total. The SMILES string of the molecule is COc1ccccc1CN1CCN(c2ncc(-c3ccccc3)c3nc(C(F)(F)F)ccc23)CC1. The van der Waals surface area contributed by atoms with Gasteiger partial charge in [-0.05, 0) is 23.8 Å². The zero-order valence-electron chi connectivity index (χ0n) is 19.3. The van der Waals surface area contributed by atoms with Crippen LogP contribution in [0.15, 0.2) is 72.9 Å². The van der Waals surface area contributed by atoms with Crippen molar-refractivity contribution in [1.29, 1.82) is 0 Å². The molecule has 8 heteroatoms. The van der Waals surface area contributed by atoms with Gasteiger partial charge in [0.05, 0.1) is 12.6 Å². The molecule has 2 aromatic heterocycles. The number of fused-ring (bicyclic) bond motifs is 1. The highest BCUT2D eigenvalue weighted by Crippen LogP contribution is 2.36. The van der Waals surface area contributed by atoms with Gasteiger partial charge in [0.2, 0.25) is 0 Å². The van der Waals surface area contributed by atoms with Gasteiger partial charge in [-0.25, -0.2) is 9.97 Å². The minimum absolute atomic E-state index is 0.312. The van der Waals surface area contributed by atoms with Crippen LogP contribution in [0, 0.1) is 0 Å². The maximum absolute atomic E-state index is 13.5. The number of para-hydroxylation sites is 1. The van der Waals surface area contributed by atoms with Crippen LogP contribution >= 0.6 is 0 Å². The molecule has 5 rings (SSSR count). The van der Waals surface area contributed by atoms with Crippen molar-refractivity contribution >= 4 is 16.7 Å². The van der Waals surface area contributed by atoms with Gasteiger partial charge in [0.25, 0.3) is 0 Å². The molecule has 0 N–H and O–H groups in total. The number of rotatable bonds is 5. The fraction of sp³-hybridized carbons (Fsp3) is 0.259. The Bertz CT molecular complexity index is 1320. The van der Waals surface area contributed by atoms with Crippen molar-refractivity contribution < 1.29 is 17.9 Å². The zero-order chi connectivity index (χ0) is 24.4. The lowest BCUT2D eigenvalue weighted by Gasteiger charge is -2.36. The number of halogens is 3. The number of benzene rings is 2. The van der Waals surface area contributed by atoms with Gasteiger partial charge in [-0.3, -0.25) is 4.90 Å². The minimum Gasteiger partial charge on any atom is -0.496 e. The average Bonchev–Trinajstić information content (AvgIpc) is 2.88. The van der Waals surface area contributed by atoms with Crippen molar-refractivity contribution in [3.63, 3.8) is 0 Å². The molecule has 0 radical (unpaired) electrons. The average molecular weight is 479 g/mol. The molecule has 2 aromatic carbocycles. The number of hydrogen-bond acceptors (Lipinski definition) is 5. The number of alkyl halides is 3. The molecule has 35 heavy (non-hydrogen) atoms. The second kappa shape index (κ2) is 9.54. The zero-order valence-corrected chi connectivity index (χ0v) is 19.3. The summed E-state index contributed by atoms with van der Waals surface area (Å²) in [6.45, 7) is 3.80. The van der Waals surface area contributed by atoms with E-state index in [1.54, 1.807) is 13.3 Å². The van der Waals surface area contributed by atoms with E-state index in [9.17, 15) is 13.2 Å². The molecule has 180 valence electrons. The normalized spacial score (nSPS) is 14.9. The molecule has 0 spiro atoms. The van der Waals surface area contributed by atoms with Crippen LogP contribution in [-0.2, 0) is 12.7 Å². The molecule has 0 unspecified atom stereocenters. The van der Waals surface area contributed by atoms with E-state index in [1.165, 1.54) is 6.07 Å². The van der Waals surface area contributed by atoms with Gasteiger partial charge in [-0.15, -0.1) is 0 Å². The van der Waals surface area contributed by atoms with Crippen LogP contribution in [0.5, 0.6) is 5.75 Å². The van der Waals surface area contributed by atoms with Crippen molar-refractivity contribution in [1.82, 2.24) is 14.9 Å². The van der Waals surface area contributed by atoms with Crippen molar-refractivity contribution in [2.45, 2.75) is 12.7 Å². The van der Waals surface area contributed by atoms with E-state index in [0.717, 1.165) is 42.6 Å². The lowest BCUT2D eigenvalue weighted by atomic mass is 10.0. The van der Waals surface area contributed by atoms with E-state index < -0.39 is 11.9 Å². The summed E-state index contributed by atoms with van der Waals surface area (Å²) in [5.41, 5.74) is 1.91. The standard InChI is InChI=1S/C27H25F3N4O/c1-35-23-10-6-5-9-20(23)18-33-13-15-34(16-14-33)26-21-11-12-24(27(28,29)30)32-25(21)22(17-31-26)19-7-3-2-4-8-19/h2-12,17H,13-16,18H2,1H3. The fourth-order valence-electron chi connectivity index (χ4n) is 4.53. The number of nitrogens with zero attached hydrogens (tertiary/aromatic N) is 4. The Morgan fingerprint density at radius 2 is 1.60 bits per heavy atom. The van der Waals surface area contributed by atoms with Gasteiger partial charge in [0, 0.05) is 55.4 Å². The Morgan fingerprint density at radius 1 is 0.886 bits per heavy atom. The third kappa shape index (κ3) is 4.79. The first kappa shape index (κ1) is 23.1. The first-order valence-corrected chi connectivity index (χ1v) is 11.5. The number of pyridine rings is 2. The molecule has 0 atom stereocenters. The van der Waals surface area contributed by atoms with E-state index in [4.69, 9.17) is 9.72 Å². The topological polar surface area (TPSA) is 41.5 Å². The summed E-state index contributed by atoms with van der Waals surface area (Å²) in [5.74, 6) is 1.53. The predicted octanol–water partition coefficient (Wildman–Crippen LogP) is 5.65. The number of hydrogen-bond donors (Lipinski definition) is 0. The lowest BCUT2D eigenvalue weighted by Crippen LogP contribution is -2.46. The number of methoxy groups -OCH3 is 1. The smallest absolute Gasteiger partial charge is 0.433 e. The number of piperazine rings is 1. The van der Waals surface area contributed by atoms with Crippen LogP contribution in [0.1, 0.15) is 11.3 Å². The maximum Gasteiger partial charge on any atom is 0.433 e. The fourth-order valence-corrected chi connectivity index (χ4v) is 4.53. The van der Waals surface area contributed by atoms with E-state index in [1.807, 2.05) is 48.5 Å². The summed E-state index contributed by atoms with van der Waals surface area (Å²) < 4.78 is 45.9. The van der Waals surface area contributed by atoms with Crippen molar-refractivity contribution in [3.8, 4) is 16.9 Å². The Kier molecular flexibility index (Phi) is 6.30. The Morgan fingerprint density at radius 3 is 2.31 bits per heavy atom. The monoisotopic (exact) mass is 478 g/mol. The number of ether oxygens (including phenoxy) is 1. The van der Waals surface area contributed by atoms with Crippen molar-refractivity contribution in [3.05, 3.63) is 84.2 Å². The van der Waals surface area contributed by atoms with Crippen LogP contribution in [0.2, 0.25) is 0 Å². The highest BCUT2D eigenvalue weighted by Gasteiger charge is 2.33. The second-order valence-corrected chi connectivity index (χ2v) is 8.53. The lowest BCUT2D eigenvalue weighted by molar-refractivity contribution is -0.140. The largest absolute Gasteiger partial charge is 0.496 e. The first-order valence-electron chi connectivity index (χ1n) is 11.5. The summed E-state index contributed by atoms with van der Waals surface area (Å²) in [6.07, 6.45) is -2.88. The van der Waals surface area contributed by atoms with Gasteiger partial charge in [-0.2, -0.15) is 13.2 Å². The van der Waals surface area contributed by atoms with Gasteiger partial charge >= 0.3 is 6.18 Å². The molecule has 1 saturated heterocycles. The van der Waals surface area contributed by atoms with E-state index >= 15 is 0 Å². The Hall–Kier alpha value is -3.65. The third-order valence-electron chi connectivity index (χ3n) is 6.34. The van der Waals surface area contributed by atoms with Crippen LogP contribution in [0.3, 0.4) is 0 Å². The van der Waals surface area contributed by atoms with E-state index in [2.05, 4.69) is 20.9 Å². The van der Waals surface area contributed by atoms with Crippen LogP contribution in [-0.4, -0.2) is 48.2 Å². The molecule has 0 amide bonds.